The molecule has 754 valence electrons. The minimum absolute atomic E-state index is 0. The molecule has 80 heteroatoms. The van der Waals surface area contributed by atoms with Gasteiger partial charge in [0.05, 0.1) is 0 Å². The number of hydrogen-bond acceptors (Lipinski definition) is 20. The molecular weight excluding hydrogens is 1990 g/mol. The second-order valence-corrected chi connectivity index (χ2v) is 21.7. The zero-order valence-corrected chi connectivity index (χ0v) is 53.6. The molecule has 0 aromatic heterocycles. The van der Waals surface area contributed by atoms with E-state index in [9.17, 15) is 226 Å². The van der Waals surface area contributed by atoms with Crippen LogP contribution in [0, 0.1) is 0 Å². The lowest BCUT2D eigenvalue weighted by Gasteiger charge is -2.32. The number of alkyl halides is 44. The standard InChI is InChI=1S/C6H3F11O5S.C6H4F10O2.C5H3F9O4S.C5H8F4O.C4H4F6O.C3H4F4O.10CH4.4FHO3S/c7-1-2(8,9)21-3(10,11)4(12,13)22-5(14,15)6(16,17)23(18,19)20;7-1-3(9,10)17-5(13,14)6(15,16)18-4(11,12)2-8;6-1-2(7,8)3(9,10)18-4(11,12)5(13,14)19(15,16)17;1-4(7,8)5(2,9)10-3-6;5-1-11-4(9,10)2(6)3(7)8;4-1-8-3(7)2(5)6;;;;;;;;;;;4*1-5(2,3)4/h1H2,(H,18,19,20);1-2H2;1H2,(H,15,16,17);3H2,1-2H3;2-3H,1H2;2-3H,1H2;10*1H4;4*(H,2,3,4). The smallest absolute Gasteiger partial charge is 0.312 e. The largest absolute Gasteiger partial charge is 0.460 e. The molecular formula is C39H70F48O26S6. The van der Waals surface area contributed by atoms with Crippen molar-refractivity contribution < 1.29 is 324 Å². The topological polar surface area (TPSA) is 400 Å². The van der Waals surface area contributed by atoms with Crippen LogP contribution >= 0.6 is 0 Å². The van der Waals surface area contributed by atoms with E-state index >= 15 is 0 Å². The fourth-order valence-corrected chi connectivity index (χ4v) is 3.12. The highest BCUT2D eigenvalue weighted by molar-refractivity contribution is 7.87. The third-order valence-corrected chi connectivity index (χ3v) is 8.50. The van der Waals surface area contributed by atoms with Gasteiger partial charge in [-0.25, -0.2) is 93.9 Å². The summed E-state index contributed by atoms with van der Waals surface area (Å²) in [5.41, 5.74) is 0. The van der Waals surface area contributed by atoms with Crippen molar-refractivity contribution in [2.75, 3.05) is 47.3 Å². The highest BCUT2D eigenvalue weighted by Gasteiger charge is 2.77. The molecule has 0 radical (unpaired) electrons. The minimum atomic E-state index is -7.15. The quantitative estimate of drug-likeness (QED) is 0.0213. The van der Waals surface area contributed by atoms with Gasteiger partial charge in [0.25, 0.3) is 31.2 Å². The predicted octanol–water partition coefficient (Wildman–Crippen LogP) is 19.7. The van der Waals surface area contributed by atoms with E-state index in [0.717, 1.165) is 0 Å². The summed E-state index contributed by atoms with van der Waals surface area (Å²) in [5.74, 6) is -12.8. The van der Waals surface area contributed by atoms with Crippen LogP contribution in [0.5, 0.6) is 0 Å². The second kappa shape index (κ2) is 60.4. The molecule has 0 heterocycles. The molecule has 0 aliphatic carbocycles. The minimum Gasteiger partial charge on any atom is -0.312 e. The van der Waals surface area contributed by atoms with Crippen LogP contribution in [-0.4, -0.2) is 246 Å². The molecule has 3 unspecified atom stereocenters. The van der Waals surface area contributed by atoms with Crippen LogP contribution in [0.2, 0.25) is 0 Å². The van der Waals surface area contributed by atoms with Gasteiger partial charge in [-0.3, -0.25) is 32.1 Å². The average Bonchev–Trinajstić information content (AvgIpc) is 0.760. The van der Waals surface area contributed by atoms with Crippen molar-refractivity contribution in [2.24, 2.45) is 0 Å². The highest BCUT2D eigenvalue weighted by atomic mass is 32.3. The zero-order chi connectivity index (χ0) is 91.9. The van der Waals surface area contributed by atoms with E-state index in [1.165, 1.54) is 0 Å². The van der Waals surface area contributed by atoms with Crippen molar-refractivity contribution in [2.45, 2.75) is 209 Å². The Kier molecular flexibility index (Phi) is 84.0. The SMILES string of the molecule is C.C.C.C.C.C.C.C.C.C.CC(F)(F)C(C)(F)OCF.FCC(F)(F)OC(F)(F)C(F)(F)OC(F)(F)CF.FCOC(F)(F)C(F)C(F)F.FCOC(F)C(F)F.O=S(=O)(O)C(F)(F)C(F)(F)OC(F)(F)C(F)(F)CF.O=S(=O)(O)C(F)(F)C(F)(F)OC(F)(F)C(F)(F)OC(F)(F)CF.O=S(=O)(O)F.O=S(=O)(O)F.O=S(=O)(O)F.O=S(=O)(O)F. The highest BCUT2D eigenvalue weighted by Crippen LogP contribution is 2.50. The second-order valence-electron chi connectivity index (χ2n) is 15.5. The molecule has 0 saturated heterocycles. The normalized spacial score (nSPS) is 13.8. The molecule has 0 aromatic carbocycles. The maximum absolute atomic E-state index is 12.6. The first kappa shape index (κ1) is 165. The Labute approximate surface area is 642 Å². The van der Waals surface area contributed by atoms with Gasteiger partial charge in [-0.1, -0.05) is 89.8 Å². The van der Waals surface area contributed by atoms with E-state index in [1.807, 2.05) is 4.74 Å². The van der Waals surface area contributed by atoms with E-state index in [4.69, 9.17) is 61.0 Å². The summed E-state index contributed by atoms with van der Waals surface area (Å²) >= 11 is 0. The number of ether oxygens (including phenoxy) is 8. The molecule has 0 spiro atoms. The monoisotopic (exact) mass is 2060 g/mol. The third kappa shape index (κ3) is 78.3. The lowest BCUT2D eigenvalue weighted by molar-refractivity contribution is -0.523. The van der Waals surface area contributed by atoms with Crippen molar-refractivity contribution in [3.63, 3.8) is 0 Å². The molecule has 0 amide bonds. The van der Waals surface area contributed by atoms with Gasteiger partial charge in [-0.05, 0) is 0 Å². The molecule has 119 heavy (non-hydrogen) atoms. The van der Waals surface area contributed by atoms with E-state index in [2.05, 4.69) is 23.7 Å². The molecule has 6 N–H and O–H groups in total. The Hall–Kier alpha value is -4.22. The summed E-state index contributed by atoms with van der Waals surface area (Å²) in [6, 6.07) is 0. The summed E-state index contributed by atoms with van der Waals surface area (Å²) in [6.07, 6.45) is -81.5. The van der Waals surface area contributed by atoms with Crippen LogP contribution in [-0.2, 0) is 100 Å². The van der Waals surface area contributed by atoms with Crippen LogP contribution < -0.4 is 0 Å². The third-order valence-electron chi connectivity index (χ3n) is 6.73. The first-order valence-electron chi connectivity index (χ1n) is 21.6. The molecule has 3 atom stereocenters. The van der Waals surface area contributed by atoms with Gasteiger partial charge in [-0.2, -0.15) is 173 Å². The van der Waals surface area contributed by atoms with Crippen LogP contribution in [0.25, 0.3) is 0 Å². The molecule has 0 fully saturated rings. The van der Waals surface area contributed by atoms with Crippen molar-refractivity contribution in [1.29, 1.82) is 0 Å². The molecule has 0 aliphatic heterocycles. The van der Waals surface area contributed by atoms with Crippen molar-refractivity contribution in [3.05, 3.63) is 0 Å². The van der Waals surface area contributed by atoms with Gasteiger partial charge in [0.2, 0.25) is 0 Å². The van der Waals surface area contributed by atoms with E-state index in [1.54, 1.807) is 9.47 Å². The maximum atomic E-state index is 12.6. The molecule has 0 rings (SSSR count). The Bertz CT molecular complexity index is 3090. The van der Waals surface area contributed by atoms with Gasteiger partial charge in [0.15, 0.2) is 47.3 Å². The fraction of sp³-hybridized carbons (Fsp3) is 1.00. The first-order chi connectivity index (χ1) is 46.4. The molecule has 0 aromatic rings. The van der Waals surface area contributed by atoms with Crippen LogP contribution in [0.3, 0.4) is 0 Å². The van der Waals surface area contributed by atoms with Crippen molar-refractivity contribution >= 4 is 62.3 Å². The molecule has 0 saturated carbocycles. The van der Waals surface area contributed by atoms with E-state index in [0.29, 0.717) is 13.8 Å². The van der Waals surface area contributed by atoms with Crippen molar-refractivity contribution in [1.82, 2.24) is 0 Å². The van der Waals surface area contributed by atoms with Gasteiger partial charge in [0.1, 0.15) is 0 Å². The average molecular weight is 2060 g/mol. The lowest BCUT2D eigenvalue weighted by Crippen LogP contribution is -2.57. The number of hydrogen-bond donors (Lipinski definition) is 6. The molecule has 0 aliphatic rings. The van der Waals surface area contributed by atoms with Gasteiger partial charge < -0.3 is 9.47 Å². The van der Waals surface area contributed by atoms with Crippen LogP contribution in [0.4, 0.5) is 209 Å². The Morgan fingerprint density at radius 2 is 0.479 bits per heavy atom. The number of rotatable bonds is 31. The first-order valence-corrected chi connectivity index (χ1v) is 29.8. The van der Waals surface area contributed by atoms with Gasteiger partial charge in [-0.15, -0.1) is 0 Å². The molecule has 26 nitrogen and oxygen atoms in total. The summed E-state index contributed by atoms with van der Waals surface area (Å²) < 4.78 is 737. The summed E-state index contributed by atoms with van der Waals surface area (Å²) in [5, 5.41) is -13.5. The number of halogens is 48. The van der Waals surface area contributed by atoms with E-state index < -0.39 is 230 Å². The predicted molar refractivity (Wildman–Crippen MR) is 303 cm³/mol. The fourth-order valence-electron chi connectivity index (χ4n) is 2.44. The van der Waals surface area contributed by atoms with Gasteiger partial charge >= 0.3 is 152 Å². The maximum Gasteiger partial charge on any atom is 0.460 e. The van der Waals surface area contributed by atoms with E-state index in [-0.39, 0.29) is 74.3 Å². The Morgan fingerprint density at radius 3 is 0.605 bits per heavy atom. The van der Waals surface area contributed by atoms with Crippen molar-refractivity contribution in [3.8, 4) is 0 Å². The lowest BCUT2D eigenvalue weighted by atomic mass is 10.2. The van der Waals surface area contributed by atoms with Crippen LogP contribution in [0.15, 0.2) is 0 Å². The van der Waals surface area contributed by atoms with Gasteiger partial charge in [0, 0.05) is 13.8 Å². The summed E-state index contributed by atoms with van der Waals surface area (Å²) in [7, 11) is -34.8. The summed E-state index contributed by atoms with van der Waals surface area (Å²) in [4.78, 5) is 0. The molecule has 0 bridgehead atoms. The zero-order valence-electron chi connectivity index (χ0n) is 48.7. The Morgan fingerprint density at radius 1 is 0.286 bits per heavy atom. The Balaban J connectivity index is -0.0000000526. The van der Waals surface area contributed by atoms with Crippen LogP contribution in [0.1, 0.15) is 88.1 Å². The summed E-state index contributed by atoms with van der Waals surface area (Å²) in [6.45, 7) is -16.5.